The minimum atomic E-state index is -0.978. The van der Waals surface area contributed by atoms with E-state index in [9.17, 15) is 9.90 Å². The van der Waals surface area contributed by atoms with E-state index in [1.54, 1.807) is 30.7 Å². The van der Waals surface area contributed by atoms with Crippen LogP contribution in [0.4, 0.5) is 11.6 Å². The standard InChI is InChI=1S/C21H21BrN6O3/c22-17-10-23-11-19(25-17)28-3-1-2-16(28)14-8-13(21(29)30)9-15-20(14)26-18(12-24-15)27-4-6-31-7-5-27/h8-12,16H,1-7H2,(H,29,30). The van der Waals surface area contributed by atoms with Crippen LogP contribution in [0.2, 0.25) is 0 Å². The second-order valence-electron chi connectivity index (χ2n) is 7.62. The van der Waals surface area contributed by atoms with Gasteiger partial charge in [0, 0.05) is 25.2 Å². The number of fused-ring (bicyclic) bond motifs is 1. The number of hydrogen-bond donors (Lipinski definition) is 1. The topological polar surface area (TPSA) is 105 Å². The van der Waals surface area contributed by atoms with Gasteiger partial charge in [0.05, 0.1) is 54.4 Å². The third kappa shape index (κ3) is 3.92. The smallest absolute Gasteiger partial charge is 0.335 e. The lowest BCUT2D eigenvalue weighted by atomic mass is 9.99. The fraction of sp³-hybridized carbons (Fsp3) is 0.381. The van der Waals surface area contributed by atoms with Crippen molar-refractivity contribution in [2.24, 2.45) is 0 Å². The summed E-state index contributed by atoms with van der Waals surface area (Å²) in [6, 6.07) is 3.27. The van der Waals surface area contributed by atoms with Crippen molar-refractivity contribution in [2.45, 2.75) is 18.9 Å². The second kappa shape index (κ2) is 8.35. The van der Waals surface area contributed by atoms with Gasteiger partial charge in [0.2, 0.25) is 0 Å². The third-order valence-corrected chi connectivity index (χ3v) is 6.13. The number of morpholine rings is 1. The summed E-state index contributed by atoms with van der Waals surface area (Å²) < 4.78 is 6.11. The predicted molar refractivity (Wildman–Crippen MR) is 119 cm³/mol. The van der Waals surface area contributed by atoms with Gasteiger partial charge in [0.15, 0.2) is 0 Å². The monoisotopic (exact) mass is 484 g/mol. The molecule has 0 spiro atoms. The van der Waals surface area contributed by atoms with Crippen LogP contribution < -0.4 is 9.80 Å². The van der Waals surface area contributed by atoms with E-state index in [1.165, 1.54) is 0 Å². The SMILES string of the molecule is O=C(O)c1cc(C2CCCN2c2cncc(Br)n2)c2nc(N3CCOCC3)cnc2c1. The summed E-state index contributed by atoms with van der Waals surface area (Å²) >= 11 is 3.39. The Balaban J connectivity index is 1.63. The number of carboxylic acid groups (broad SMARTS) is 1. The van der Waals surface area contributed by atoms with Crippen molar-refractivity contribution in [1.82, 2.24) is 19.9 Å². The Hall–Kier alpha value is -2.85. The molecular formula is C21H21BrN6O3. The van der Waals surface area contributed by atoms with E-state index in [4.69, 9.17) is 9.72 Å². The number of hydrogen-bond acceptors (Lipinski definition) is 8. The van der Waals surface area contributed by atoms with Crippen molar-refractivity contribution >= 4 is 44.6 Å². The van der Waals surface area contributed by atoms with E-state index >= 15 is 0 Å². The molecule has 2 aliphatic heterocycles. The zero-order valence-electron chi connectivity index (χ0n) is 16.7. The summed E-state index contributed by atoms with van der Waals surface area (Å²) in [6.07, 6.45) is 6.94. The molecule has 2 fully saturated rings. The second-order valence-corrected chi connectivity index (χ2v) is 8.43. The Bertz CT molecular complexity index is 1140. The first-order valence-electron chi connectivity index (χ1n) is 10.2. The molecule has 3 aromatic rings. The Kier molecular flexibility index (Phi) is 5.41. The van der Waals surface area contributed by atoms with Gasteiger partial charge in [-0.05, 0) is 40.9 Å². The number of carboxylic acids is 1. The van der Waals surface area contributed by atoms with Gasteiger partial charge in [-0.25, -0.2) is 14.8 Å². The van der Waals surface area contributed by atoms with Gasteiger partial charge in [-0.1, -0.05) is 0 Å². The number of aromatic nitrogens is 4. The van der Waals surface area contributed by atoms with Crippen LogP contribution in [0.25, 0.3) is 11.0 Å². The number of halogens is 1. The lowest BCUT2D eigenvalue weighted by Gasteiger charge is -2.29. The molecule has 2 aliphatic rings. The summed E-state index contributed by atoms with van der Waals surface area (Å²) in [5.41, 5.74) is 2.38. The van der Waals surface area contributed by atoms with Crippen LogP contribution in [0, 0.1) is 0 Å². The highest BCUT2D eigenvalue weighted by molar-refractivity contribution is 9.10. The molecule has 4 heterocycles. The molecule has 2 aromatic heterocycles. The Morgan fingerprint density at radius 2 is 1.94 bits per heavy atom. The van der Waals surface area contributed by atoms with Crippen molar-refractivity contribution in [3.63, 3.8) is 0 Å². The first-order chi connectivity index (χ1) is 15.1. The van der Waals surface area contributed by atoms with Gasteiger partial charge in [-0.3, -0.25) is 9.97 Å². The van der Waals surface area contributed by atoms with E-state index in [0.717, 1.165) is 55.2 Å². The molecule has 1 atom stereocenters. The maximum Gasteiger partial charge on any atom is 0.335 e. The highest BCUT2D eigenvalue weighted by Gasteiger charge is 2.30. The van der Waals surface area contributed by atoms with Crippen molar-refractivity contribution in [3.05, 3.63) is 46.5 Å². The van der Waals surface area contributed by atoms with E-state index < -0.39 is 5.97 Å². The molecule has 5 rings (SSSR count). The third-order valence-electron chi connectivity index (χ3n) is 5.75. The quantitative estimate of drug-likeness (QED) is 0.597. The number of nitrogens with zero attached hydrogens (tertiary/aromatic N) is 6. The van der Waals surface area contributed by atoms with Gasteiger partial charge < -0.3 is 19.6 Å². The zero-order chi connectivity index (χ0) is 21.4. The van der Waals surface area contributed by atoms with E-state index in [1.807, 2.05) is 0 Å². The molecule has 0 bridgehead atoms. The molecule has 0 radical (unpaired) electrons. The summed E-state index contributed by atoms with van der Waals surface area (Å²) in [7, 11) is 0. The summed E-state index contributed by atoms with van der Waals surface area (Å²) in [6.45, 7) is 3.63. The molecule has 160 valence electrons. The fourth-order valence-electron chi connectivity index (χ4n) is 4.29. The Morgan fingerprint density at radius 3 is 2.71 bits per heavy atom. The summed E-state index contributed by atoms with van der Waals surface area (Å²) in [4.78, 5) is 34.5. The van der Waals surface area contributed by atoms with Crippen molar-refractivity contribution < 1.29 is 14.6 Å². The average molecular weight is 485 g/mol. The van der Waals surface area contributed by atoms with Crippen LogP contribution >= 0.6 is 15.9 Å². The van der Waals surface area contributed by atoms with Gasteiger partial charge in [0.25, 0.3) is 0 Å². The largest absolute Gasteiger partial charge is 0.478 e. The van der Waals surface area contributed by atoms with Crippen molar-refractivity contribution in [1.29, 1.82) is 0 Å². The molecule has 1 aromatic carbocycles. The average Bonchev–Trinajstić information content (AvgIpc) is 3.28. The molecule has 10 heteroatoms. The number of ether oxygens (including phenoxy) is 1. The van der Waals surface area contributed by atoms with Crippen LogP contribution in [0.3, 0.4) is 0 Å². The lowest BCUT2D eigenvalue weighted by molar-refractivity contribution is 0.0697. The minimum absolute atomic E-state index is 0.0559. The molecule has 1 unspecified atom stereocenters. The molecular weight excluding hydrogens is 464 g/mol. The van der Waals surface area contributed by atoms with Crippen LogP contribution in [-0.2, 0) is 4.74 Å². The molecule has 1 N–H and O–H groups in total. The zero-order valence-corrected chi connectivity index (χ0v) is 18.3. The number of aromatic carboxylic acids is 1. The molecule has 31 heavy (non-hydrogen) atoms. The number of anilines is 2. The van der Waals surface area contributed by atoms with Crippen molar-refractivity contribution in [2.75, 3.05) is 42.6 Å². The summed E-state index contributed by atoms with van der Waals surface area (Å²) in [5.74, 6) is 0.559. The van der Waals surface area contributed by atoms with Gasteiger partial charge in [0.1, 0.15) is 16.2 Å². The predicted octanol–water partition coefficient (Wildman–Crippen LogP) is 3.06. The van der Waals surface area contributed by atoms with E-state index in [0.29, 0.717) is 23.3 Å². The Morgan fingerprint density at radius 1 is 1.10 bits per heavy atom. The van der Waals surface area contributed by atoms with Crippen molar-refractivity contribution in [3.8, 4) is 0 Å². The molecule has 0 saturated carbocycles. The van der Waals surface area contributed by atoms with Crippen LogP contribution in [0.5, 0.6) is 0 Å². The maximum atomic E-state index is 11.8. The number of carbonyl (C=O) groups is 1. The van der Waals surface area contributed by atoms with Gasteiger partial charge >= 0.3 is 5.97 Å². The normalized spacial score (nSPS) is 19.2. The van der Waals surface area contributed by atoms with E-state index in [-0.39, 0.29) is 11.6 Å². The fourth-order valence-corrected chi connectivity index (χ4v) is 4.59. The maximum absolute atomic E-state index is 11.8. The van der Waals surface area contributed by atoms with Crippen LogP contribution in [0.15, 0.2) is 35.3 Å². The highest BCUT2D eigenvalue weighted by Crippen LogP contribution is 2.38. The molecule has 0 aliphatic carbocycles. The highest BCUT2D eigenvalue weighted by atomic mass is 79.9. The molecule has 0 amide bonds. The first kappa shape index (κ1) is 20.1. The van der Waals surface area contributed by atoms with Crippen LogP contribution in [-0.4, -0.2) is 63.9 Å². The minimum Gasteiger partial charge on any atom is -0.478 e. The van der Waals surface area contributed by atoms with Gasteiger partial charge in [-0.2, -0.15) is 0 Å². The summed E-state index contributed by atoms with van der Waals surface area (Å²) in [5, 5.41) is 9.68. The molecule has 2 saturated heterocycles. The Labute approximate surface area is 187 Å². The van der Waals surface area contributed by atoms with Crippen LogP contribution in [0.1, 0.15) is 34.8 Å². The van der Waals surface area contributed by atoms with E-state index in [2.05, 4.69) is 40.7 Å². The molecule has 9 nitrogen and oxygen atoms in total. The number of benzene rings is 1. The first-order valence-corrected chi connectivity index (χ1v) is 11.0. The number of rotatable bonds is 4. The van der Waals surface area contributed by atoms with Gasteiger partial charge in [-0.15, -0.1) is 0 Å². The lowest BCUT2D eigenvalue weighted by Crippen LogP contribution is -2.36.